The van der Waals surface area contributed by atoms with Gasteiger partial charge in [0.15, 0.2) is 5.82 Å². The van der Waals surface area contributed by atoms with E-state index in [9.17, 15) is 9.59 Å². The van der Waals surface area contributed by atoms with E-state index in [2.05, 4.69) is 102 Å². The van der Waals surface area contributed by atoms with Crippen LogP contribution in [-0.2, 0) is 21.7 Å². The van der Waals surface area contributed by atoms with Gasteiger partial charge in [0.1, 0.15) is 11.0 Å². The predicted octanol–water partition coefficient (Wildman–Crippen LogP) is 9.01. The number of rotatable bonds is 9. The van der Waals surface area contributed by atoms with Gasteiger partial charge < -0.3 is 0 Å². The second-order valence-corrected chi connectivity index (χ2v) is 14.6. The van der Waals surface area contributed by atoms with Gasteiger partial charge in [-0.3, -0.25) is 9.59 Å². The standard InChI is InChI=1S/C47H40N6O2/c1-34-23-29-40(30-24-34)52-45(55)46(31-13-14-32-46)44(54)51(52)33-35-25-27-36(28-26-35)41-21-11-12-22-42(41)43-48-49-50-53(43)47(37-15-5-2-6-16-37,38-17-7-3-8-18-38)39-19-9-4-10-20-39/h2-12,15-30H,13-14,31-33H2,1H3. The second-order valence-electron chi connectivity index (χ2n) is 14.6. The molecule has 0 radical (unpaired) electrons. The van der Waals surface area contributed by atoms with Crippen molar-refractivity contribution in [2.24, 2.45) is 5.41 Å². The number of carbonyl (C=O) groups is 2. The highest BCUT2D eigenvalue weighted by atomic mass is 16.2. The van der Waals surface area contributed by atoms with Gasteiger partial charge in [-0.2, -0.15) is 0 Å². The number of carbonyl (C=O) groups excluding carboxylic acids is 2. The largest absolute Gasteiger partial charge is 0.272 e. The van der Waals surface area contributed by atoms with E-state index in [1.807, 2.05) is 78.3 Å². The van der Waals surface area contributed by atoms with Gasteiger partial charge >= 0.3 is 0 Å². The first kappa shape index (κ1) is 34.1. The minimum atomic E-state index is -0.970. The molecule has 1 saturated heterocycles. The van der Waals surface area contributed by atoms with Crippen LogP contribution in [0.5, 0.6) is 0 Å². The molecule has 9 rings (SSSR count). The van der Waals surface area contributed by atoms with Crippen LogP contribution in [0.2, 0.25) is 0 Å². The molecule has 0 N–H and O–H groups in total. The van der Waals surface area contributed by atoms with Crippen molar-refractivity contribution in [3.8, 4) is 22.5 Å². The van der Waals surface area contributed by atoms with Crippen LogP contribution in [0, 0.1) is 12.3 Å². The molecule has 2 aliphatic rings. The molecule has 270 valence electrons. The van der Waals surface area contributed by atoms with Crippen molar-refractivity contribution in [2.75, 3.05) is 5.01 Å². The smallest absolute Gasteiger partial charge is 0.261 e. The first-order chi connectivity index (χ1) is 27.0. The molecule has 1 aliphatic carbocycles. The van der Waals surface area contributed by atoms with Crippen molar-refractivity contribution in [1.29, 1.82) is 0 Å². The molecule has 2 heterocycles. The number of amides is 2. The lowest BCUT2D eigenvalue weighted by molar-refractivity contribution is -0.139. The zero-order valence-electron chi connectivity index (χ0n) is 30.6. The lowest BCUT2D eigenvalue weighted by Gasteiger charge is -2.36. The van der Waals surface area contributed by atoms with Gasteiger partial charge in [0.25, 0.3) is 11.8 Å². The molecular weight excluding hydrogens is 681 g/mol. The van der Waals surface area contributed by atoms with Gasteiger partial charge in [0, 0.05) is 5.56 Å². The van der Waals surface area contributed by atoms with E-state index >= 15 is 0 Å². The first-order valence-corrected chi connectivity index (χ1v) is 18.9. The fourth-order valence-corrected chi connectivity index (χ4v) is 8.61. The monoisotopic (exact) mass is 720 g/mol. The van der Waals surface area contributed by atoms with Crippen LogP contribution >= 0.6 is 0 Å². The van der Waals surface area contributed by atoms with Gasteiger partial charge in [-0.05, 0) is 75.7 Å². The van der Waals surface area contributed by atoms with Gasteiger partial charge in [0.2, 0.25) is 0 Å². The van der Waals surface area contributed by atoms with Crippen LogP contribution in [0.3, 0.4) is 0 Å². The minimum Gasteiger partial charge on any atom is -0.272 e. The molecule has 0 atom stereocenters. The Bertz CT molecular complexity index is 2360. The Morgan fingerprint density at radius 3 is 1.69 bits per heavy atom. The summed E-state index contributed by atoms with van der Waals surface area (Å²) in [6.45, 7) is 2.30. The van der Waals surface area contributed by atoms with Gasteiger partial charge in [-0.15, -0.1) is 5.10 Å². The SMILES string of the molecule is Cc1ccc(N2C(=O)C3(CCCC3)C(=O)N2Cc2ccc(-c3ccccc3-c3nnnn3C(c3ccccc3)(c3ccccc3)c3ccccc3)cc2)cc1. The highest BCUT2D eigenvalue weighted by Gasteiger charge is 2.59. The summed E-state index contributed by atoms with van der Waals surface area (Å²) in [6.07, 6.45) is 2.96. The number of tetrazole rings is 1. The number of hydrogen-bond acceptors (Lipinski definition) is 5. The summed E-state index contributed by atoms with van der Waals surface area (Å²) >= 11 is 0. The topological polar surface area (TPSA) is 84.2 Å². The Labute approximate surface area is 320 Å². The maximum atomic E-state index is 14.1. The highest BCUT2D eigenvalue weighted by molar-refractivity contribution is 6.18. The van der Waals surface area contributed by atoms with E-state index in [-0.39, 0.29) is 18.4 Å². The summed E-state index contributed by atoms with van der Waals surface area (Å²) in [5.41, 5.74) is 6.77. The number of aromatic nitrogens is 4. The van der Waals surface area contributed by atoms with E-state index < -0.39 is 11.0 Å². The van der Waals surface area contributed by atoms with E-state index in [1.165, 1.54) is 0 Å². The molecule has 8 heteroatoms. The number of hydrogen-bond donors (Lipinski definition) is 0. The van der Waals surface area contributed by atoms with Crippen molar-refractivity contribution < 1.29 is 9.59 Å². The summed E-state index contributed by atoms with van der Waals surface area (Å²) in [6, 6.07) is 55.4. The predicted molar refractivity (Wildman–Crippen MR) is 213 cm³/mol. The molecule has 7 aromatic rings. The Balaban J connectivity index is 1.11. The summed E-state index contributed by atoms with van der Waals surface area (Å²) < 4.78 is 1.95. The first-order valence-electron chi connectivity index (χ1n) is 18.9. The van der Waals surface area contributed by atoms with Crippen molar-refractivity contribution >= 4 is 17.5 Å². The molecule has 8 nitrogen and oxygen atoms in total. The Morgan fingerprint density at radius 2 is 1.13 bits per heavy atom. The summed E-state index contributed by atoms with van der Waals surface area (Å²) in [7, 11) is 0. The second kappa shape index (κ2) is 14.0. The fourth-order valence-electron chi connectivity index (χ4n) is 8.61. The quantitative estimate of drug-likeness (QED) is 0.110. The van der Waals surface area contributed by atoms with E-state index in [0.717, 1.165) is 57.3 Å². The van der Waals surface area contributed by atoms with Crippen LogP contribution in [0.25, 0.3) is 22.5 Å². The molecule has 0 unspecified atom stereocenters. The van der Waals surface area contributed by atoms with Crippen LogP contribution in [0.15, 0.2) is 164 Å². The van der Waals surface area contributed by atoms with Crippen LogP contribution in [-0.4, -0.2) is 37.0 Å². The molecule has 0 bridgehead atoms. The van der Waals surface area contributed by atoms with Gasteiger partial charge in [-0.1, -0.05) is 170 Å². The summed E-state index contributed by atoms with van der Waals surface area (Å²) in [5, 5.41) is 17.1. The van der Waals surface area contributed by atoms with Crippen molar-refractivity contribution in [2.45, 2.75) is 44.7 Å². The number of nitrogens with zero attached hydrogens (tertiary/aromatic N) is 6. The minimum absolute atomic E-state index is 0.101. The number of aryl methyl sites for hydroxylation is 1. The zero-order valence-corrected chi connectivity index (χ0v) is 30.6. The Morgan fingerprint density at radius 1 is 0.600 bits per heavy atom. The molecule has 2 fully saturated rings. The molecule has 1 aliphatic heterocycles. The number of anilines is 1. The van der Waals surface area contributed by atoms with Crippen LogP contribution in [0.1, 0.15) is 53.5 Å². The summed E-state index contributed by atoms with van der Waals surface area (Å²) in [5.74, 6) is 0.406. The molecule has 2 amide bonds. The Kier molecular flexibility index (Phi) is 8.66. The van der Waals surface area contributed by atoms with Crippen LogP contribution < -0.4 is 5.01 Å². The highest BCUT2D eigenvalue weighted by Crippen LogP contribution is 2.48. The van der Waals surface area contributed by atoms with E-state index in [4.69, 9.17) is 10.3 Å². The average molecular weight is 721 g/mol. The van der Waals surface area contributed by atoms with Gasteiger partial charge in [-0.25, -0.2) is 14.7 Å². The normalized spacial score (nSPS) is 15.3. The molecule has 1 saturated carbocycles. The Hall–Kier alpha value is -6.67. The average Bonchev–Trinajstić information content (AvgIpc) is 3.99. The number of benzene rings is 6. The van der Waals surface area contributed by atoms with Crippen LogP contribution in [0.4, 0.5) is 5.69 Å². The van der Waals surface area contributed by atoms with Crippen molar-refractivity contribution in [3.63, 3.8) is 0 Å². The third-order valence-electron chi connectivity index (χ3n) is 11.3. The van der Waals surface area contributed by atoms with E-state index in [1.54, 1.807) is 10.0 Å². The zero-order chi connectivity index (χ0) is 37.4. The maximum absolute atomic E-state index is 14.1. The van der Waals surface area contributed by atoms with Gasteiger partial charge in [0.05, 0.1) is 12.2 Å². The fraction of sp³-hybridized carbons (Fsp3) is 0.170. The molecule has 1 aromatic heterocycles. The molecule has 55 heavy (non-hydrogen) atoms. The molecule has 6 aromatic carbocycles. The number of hydrazine groups is 1. The third kappa shape index (κ3) is 5.64. The maximum Gasteiger partial charge on any atom is 0.261 e. The third-order valence-corrected chi connectivity index (χ3v) is 11.3. The lowest BCUT2D eigenvalue weighted by Crippen LogP contribution is -2.40. The lowest BCUT2D eigenvalue weighted by atomic mass is 9.77. The van der Waals surface area contributed by atoms with Crippen molar-refractivity contribution in [1.82, 2.24) is 25.2 Å². The van der Waals surface area contributed by atoms with Crippen molar-refractivity contribution in [3.05, 3.63) is 192 Å². The molecular formula is C47H40N6O2. The van der Waals surface area contributed by atoms with E-state index in [0.29, 0.717) is 24.4 Å². The summed E-state index contributed by atoms with van der Waals surface area (Å²) in [4.78, 5) is 28.2. The molecule has 1 spiro atoms.